The van der Waals surface area contributed by atoms with E-state index in [2.05, 4.69) is 13.8 Å². The molecule has 4 aliphatic carbocycles. The van der Waals surface area contributed by atoms with Crippen molar-refractivity contribution in [2.75, 3.05) is 6.61 Å². The maximum absolute atomic E-state index is 12.8. The number of hydrogen-bond donors (Lipinski definition) is 1. The lowest BCUT2D eigenvalue weighted by Gasteiger charge is -2.57. The highest BCUT2D eigenvalue weighted by Gasteiger charge is 2.61. The van der Waals surface area contributed by atoms with E-state index in [0.717, 1.165) is 38.5 Å². The molecular formula is C21H30O3. The molecule has 1 N–H and O–H groups in total. The Balaban J connectivity index is 1.70. The predicted molar refractivity (Wildman–Crippen MR) is 92.3 cm³/mol. The number of aliphatic hydroxyl groups is 1. The monoisotopic (exact) mass is 330 g/mol. The molecule has 132 valence electrons. The normalized spacial score (nSPS) is 47.7. The van der Waals surface area contributed by atoms with Crippen LogP contribution in [-0.2, 0) is 9.59 Å². The van der Waals surface area contributed by atoms with E-state index in [9.17, 15) is 14.7 Å². The third kappa shape index (κ3) is 2.13. The molecule has 24 heavy (non-hydrogen) atoms. The molecule has 6 atom stereocenters. The molecule has 0 amide bonds. The number of carbonyl (C=O) groups is 2. The summed E-state index contributed by atoms with van der Waals surface area (Å²) in [5.74, 6) is 2.73. The quantitative estimate of drug-likeness (QED) is 0.840. The fourth-order valence-electron chi connectivity index (χ4n) is 7.05. The Morgan fingerprint density at radius 1 is 1.12 bits per heavy atom. The average molecular weight is 330 g/mol. The zero-order chi connectivity index (χ0) is 17.1. The van der Waals surface area contributed by atoms with Gasteiger partial charge in [0.2, 0.25) is 0 Å². The lowest BCUT2D eigenvalue weighted by molar-refractivity contribution is -0.133. The maximum atomic E-state index is 12.8. The third-order valence-electron chi connectivity index (χ3n) is 8.31. The summed E-state index contributed by atoms with van der Waals surface area (Å²) in [6, 6.07) is 0. The number of aliphatic hydroxyl groups excluding tert-OH is 1. The predicted octanol–water partition coefficient (Wildman–Crippen LogP) is 3.70. The van der Waals surface area contributed by atoms with Crippen LogP contribution in [0, 0.1) is 34.5 Å². The molecule has 3 nitrogen and oxygen atoms in total. The van der Waals surface area contributed by atoms with Crippen LogP contribution in [0.5, 0.6) is 0 Å². The second kappa shape index (κ2) is 5.52. The molecule has 3 heteroatoms. The number of fused-ring (bicyclic) bond motifs is 5. The molecule has 4 rings (SSSR count). The molecule has 0 aromatic rings. The van der Waals surface area contributed by atoms with E-state index in [0.29, 0.717) is 48.1 Å². The highest BCUT2D eigenvalue weighted by atomic mass is 16.3. The number of Topliss-reactive ketones (excluding diaryl/α,β-unsaturated/α-hetero) is 1. The summed E-state index contributed by atoms with van der Waals surface area (Å²) in [6.07, 6.45) is 9.32. The molecule has 0 aromatic heterocycles. The highest BCUT2D eigenvalue weighted by Crippen LogP contribution is 2.65. The van der Waals surface area contributed by atoms with Crippen LogP contribution in [0.15, 0.2) is 11.6 Å². The Hall–Kier alpha value is -0.960. The summed E-state index contributed by atoms with van der Waals surface area (Å²) in [5.41, 5.74) is 1.38. The van der Waals surface area contributed by atoms with Gasteiger partial charge in [-0.05, 0) is 73.7 Å². The molecule has 4 aliphatic rings. The van der Waals surface area contributed by atoms with E-state index in [4.69, 9.17) is 0 Å². The lowest BCUT2D eigenvalue weighted by Crippen LogP contribution is -2.51. The van der Waals surface area contributed by atoms with Crippen molar-refractivity contribution in [2.45, 2.75) is 65.2 Å². The van der Waals surface area contributed by atoms with Crippen LogP contribution in [0.25, 0.3) is 0 Å². The molecule has 3 fully saturated rings. The number of ketones is 2. The first-order valence-corrected chi connectivity index (χ1v) is 9.78. The summed E-state index contributed by atoms with van der Waals surface area (Å²) in [6.45, 7) is 4.77. The average Bonchev–Trinajstić information content (AvgIpc) is 2.79. The Bertz CT molecular complexity index is 606. The Morgan fingerprint density at radius 2 is 1.92 bits per heavy atom. The third-order valence-corrected chi connectivity index (χ3v) is 8.31. The van der Waals surface area contributed by atoms with Crippen LogP contribution in [-0.4, -0.2) is 23.3 Å². The number of allylic oxidation sites excluding steroid dienone is 1. The van der Waals surface area contributed by atoms with Crippen LogP contribution in [0.3, 0.4) is 0 Å². The fraction of sp³-hybridized carbons (Fsp3) is 0.810. The van der Waals surface area contributed by atoms with Gasteiger partial charge >= 0.3 is 0 Å². The van der Waals surface area contributed by atoms with Gasteiger partial charge in [-0.15, -0.1) is 0 Å². The van der Waals surface area contributed by atoms with E-state index in [1.807, 2.05) is 6.08 Å². The zero-order valence-corrected chi connectivity index (χ0v) is 15.0. The van der Waals surface area contributed by atoms with Gasteiger partial charge in [0.1, 0.15) is 5.78 Å². The molecule has 0 spiro atoms. The molecule has 0 saturated heterocycles. The van der Waals surface area contributed by atoms with Crippen LogP contribution in [0.2, 0.25) is 0 Å². The summed E-state index contributed by atoms with van der Waals surface area (Å²) in [7, 11) is 0. The summed E-state index contributed by atoms with van der Waals surface area (Å²) in [4.78, 5) is 24.6. The van der Waals surface area contributed by atoms with Gasteiger partial charge in [-0.1, -0.05) is 19.4 Å². The largest absolute Gasteiger partial charge is 0.396 e. The Morgan fingerprint density at radius 3 is 2.67 bits per heavy atom. The van der Waals surface area contributed by atoms with E-state index in [1.165, 1.54) is 5.57 Å². The van der Waals surface area contributed by atoms with E-state index < -0.39 is 0 Å². The van der Waals surface area contributed by atoms with Gasteiger partial charge in [0.05, 0.1) is 0 Å². The van der Waals surface area contributed by atoms with Crippen LogP contribution in [0.4, 0.5) is 0 Å². The SMILES string of the molecule is C[C@]12CCC(=O)C=C1CC[C@H]1[C@@H]3[C@@H](CCO)CC(=O)[C@@]3(C)CC[C@@H]12. The Kier molecular flexibility index (Phi) is 3.80. The molecular weight excluding hydrogens is 300 g/mol. The van der Waals surface area contributed by atoms with Crippen molar-refractivity contribution >= 4 is 11.6 Å². The standard InChI is InChI=1S/C21H30O3/c1-20-8-5-15(23)12-14(20)3-4-16-17(20)6-9-21(2)18(24)11-13(7-10-22)19(16)21/h12-13,16-17,19,22H,3-11H2,1-2H3/t13-,16+,17-,19-,20-,21+/m0/s1. The first-order valence-electron chi connectivity index (χ1n) is 9.78. The van der Waals surface area contributed by atoms with Gasteiger partial charge in [-0.3, -0.25) is 9.59 Å². The van der Waals surface area contributed by atoms with Gasteiger partial charge in [-0.2, -0.15) is 0 Å². The van der Waals surface area contributed by atoms with Crippen molar-refractivity contribution < 1.29 is 14.7 Å². The van der Waals surface area contributed by atoms with Crippen molar-refractivity contribution in [3.63, 3.8) is 0 Å². The van der Waals surface area contributed by atoms with Gasteiger partial charge in [0, 0.05) is 24.9 Å². The van der Waals surface area contributed by atoms with Crippen LogP contribution >= 0.6 is 0 Å². The molecule has 0 aliphatic heterocycles. The van der Waals surface area contributed by atoms with Crippen LogP contribution in [0.1, 0.15) is 65.2 Å². The van der Waals surface area contributed by atoms with Gasteiger partial charge < -0.3 is 5.11 Å². The highest BCUT2D eigenvalue weighted by molar-refractivity contribution is 5.91. The smallest absolute Gasteiger partial charge is 0.155 e. The number of carbonyl (C=O) groups excluding carboxylic acids is 2. The van der Waals surface area contributed by atoms with E-state index >= 15 is 0 Å². The second-order valence-corrected chi connectivity index (χ2v) is 9.24. The zero-order valence-electron chi connectivity index (χ0n) is 15.0. The molecule has 0 aromatic carbocycles. The van der Waals surface area contributed by atoms with Crippen molar-refractivity contribution in [1.29, 1.82) is 0 Å². The van der Waals surface area contributed by atoms with Crippen molar-refractivity contribution in [2.24, 2.45) is 34.5 Å². The van der Waals surface area contributed by atoms with Crippen molar-refractivity contribution in [3.8, 4) is 0 Å². The minimum atomic E-state index is -0.164. The van der Waals surface area contributed by atoms with Gasteiger partial charge in [0.25, 0.3) is 0 Å². The molecule has 0 bridgehead atoms. The van der Waals surface area contributed by atoms with Crippen molar-refractivity contribution in [1.82, 2.24) is 0 Å². The van der Waals surface area contributed by atoms with E-state index in [1.54, 1.807) is 0 Å². The fourth-order valence-corrected chi connectivity index (χ4v) is 7.05. The van der Waals surface area contributed by atoms with Crippen molar-refractivity contribution in [3.05, 3.63) is 11.6 Å². The molecule has 0 unspecified atom stereocenters. The summed E-state index contributed by atoms with van der Waals surface area (Å²) in [5, 5.41) is 9.49. The first-order chi connectivity index (χ1) is 11.4. The maximum Gasteiger partial charge on any atom is 0.155 e. The summed E-state index contributed by atoms with van der Waals surface area (Å²) >= 11 is 0. The molecule has 3 saturated carbocycles. The lowest BCUT2D eigenvalue weighted by atomic mass is 9.46. The molecule has 0 radical (unpaired) electrons. The first kappa shape index (κ1) is 16.5. The number of rotatable bonds is 2. The number of hydrogen-bond acceptors (Lipinski definition) is 3. The van der Waals surface area contributed by atoms with E-state index in [-0.39, 0.29) is 17.4 Å². The summed E-state index contributed by atoms with van der Waals surface area (Å²) < 4.78 is 0. The minimum Gasteiger partial charge on any atom is -0.396 e. The topological polar surface area (TPSA) is 54.4 Å². The van der Waals surface area contributed by atoms with Gasteiger partial charge in [-0.25, -0.2) is 0 Å². The minimum absolute atomic E-state index is 0.160. The molecule has 0 heterocycles. The Labute approximate surface area is 144 Å². The van der Waals surface area contributed by atoms with Crippen LogP contribution < -0.4 is 0 Å². The second-order valence-electron chi connectivity index (χ2n) is 9.24. The van der Waals surface area contributed by atoms with Gasteiger partial charge in [0.15, 0.2) is 5.78 Å².